The third-order valence-corrected chi connectivity index (χ3v) is 4.99. The summed E-state index contributed by atoms with van der Waals surface area (Å²) < 4.78 is 26.1. The highest BCUT2D eigenvalue weighted by Crippen LogP contribution is 2.17. The molecule has 1 fully saturated rings. The van der Waals surface area contributed by atoms with Gasteiger partial charge in [0.25, 0.3) is 10.0 Å². The van der Waals surface area contributed by atoms with Gasteiger partial charge in [0.15, 0.2) is 5.03 Å². The van der Waals surface area contributed by atoms with Crippen LogP contribution in [0.25, 0.3) is 0 Å². The third kappa shape index (κ3) is 2.36. The lowest BCUT2D eigenvalue weighted by atomic mass is 10.2. The lowest BCUT2D eigenvalue weighted by Crippen LogP contribution is -2.51. The Kier molecular flexibility index (Phi) is 3.24. The molecule has 6 nitrogen and oxygen atoms in total. The lowest BCUT2D eigenvalue weighted by molar-refractivity contribution is 0.159. The highest BCUT2D eigenvalue weighted by Gasteiger charge is 2.31. The van der Waals surface area contributed by atoms with Gasteiger partial charge in [-0.25, -0.2) is 13.4 Å². The zero-order chi connectivity index (χ0) is 12.6. The van der Waals surface area contributed by atoms with Gasteiger partial charge in [0.05, 0.1) is 6.20 Å². The molecule has 1 N–H and O–H groups in total. The first-order valence-corrected chi connectivity index (χ1v) is 7.07. The second-order valence-corrected chi connectivity index (χ2v) is 6.43. The molecule has 0 radical (unpaired) electrons. The molecule has 1 saturated heterocycles. The summed E-state index contributed by atoms with van der Waals surface area (Å²) in [7, 11) is -1.40. The summed E-state index contributed by atoms with van der Waals surface area (Å²) in [6.07, 6.45) is 1.38. The number of sulfonamides is 1. The number of hydrogen-bond acceptors (Lipinski definition) is 4. The van der Waals surface area contributed by atoms with E-state index in [1.807, 2.05) is 14.0 Å². The molecule has 7 heteroatoms. The minimum atomic E-state index is -3.41. The molecule has 96 valence electrons. The number of nitrogens with zero attached hydrogens (tertiary/aromatic N) is 3. The quantitative estimate of drug-likeness (QED) is 0.813. The molecule has 0 spiro atoms. The number of aromatic nitrogens is 2. The van der Waals surface area contributed by atoms with Crippen molar-refractivity contribution in [3.63, 3.8) is 0 Å². The van der Waals surface area contributed by atoms with E-state index < -0.39 is 10.0 Å². The number of aromatic amines is 1. The van der Waals surface area contributed by atoms with Gasteiger partial charge in [0, 0.05) is 25.7 Å². The molecule has 0 saturated carbocycles. The smallest absolute Gasteiger partial charge is 0.260 e. The second-order valence-electron chi connectivity index (χ2n) is 4.53. The Bertz CT molecular complexity index is 496. The van der Waals surface area contributed by atoms with Crippen LogP contribution in [0.5, 0.6) is 0 Å². The molecule has 1 aromatic rings. The highest BCUT2D eigenvalue weighted by molar-refractivity contribution is 7.89. The monoisotopic (exact) mass is 258 g/mol. The van der Waals surface area contributed by atoms with Gasteiger partial charge >= 0.3 is 0 Å². The Balaban J connectivity index is 2.22. The Morgan fingerprint density at radius 1 is 1.47 bits per heavy atom. The molecule has 1 atom stereocenters. The van der Waals surface area contributed by atoms with E-state index >= 15 is 0 Å². The standard InChI is InChI=1S/C10H18N4O2S/c1-8-7-14(5-4-13(8)3)17(15,16)10-6-11-9(2)12-10/h6,8H,4-5,7H2,1-3H3,(H,11,12). The highest BCUT2D eigenvalue weighted by atomic mass is 32.2. The first kappa shape index (κ1) is 12.5. The van der Waals surface area contributed by atoms with E-state index in [0.29, 0.717) is 18.9 Å². The van der Waals surface area contributed by atoms with Crippen molar-refractivity contribution < 1.29 is 8.42 Å². The molecular weight excluding hydrogens is 240 g/mol. The molecule has 0 amide bonds. The minimum absolute atomic E-state index is 0.187. The van der Waals surface area contributed by atoms with E-state index in [4.69, 9.17) is 0 Å². The van der Waals surface area contributed by atoms with Gasteiger partial charge in [0.1, 0.15) is 5.82 Å². The fourth-order valence-electron chi connectivity index (χ4n) is 1.90. The van der Waals surface area contributed by atoms with Crippen LogP contribution in [0.2, 0.25) is 0 Å². The van der Waals surface area contributed by atoms with Crippen molar-refractivity contribution in [1.82, 2.24) is 19.2 Å². The summed E-state index contributed by atoms with van der Waals surface area (Å²) in [5.41, 5.74) is 0. The number of piperazine rings is 1. The molecule has 0 aliphatic carbocycles. The average Bonchev–Trinajstić information content (AvgIpc) is 2.69. The van der Waals surface area contributed by atoms with Crippen molar-refractivity contribution in [2.24, 2.45) is 0 Å². The molecule has 1 aliphatic rings. The van der Waals surface area contributed by atoms with Crippen molar-refractivity contribution in [2.75, 3.05) is 26.7 Å². The minimum Gasteiger partial charge on any atom is -0.332 e. The first-order chi connectivity index (χ1) is 7.91. The van der Waals surface area contributed by atoms with Crippen molar-refractivity contribution in [2.45, 2.75) is 24.9 Å². The normalized spacial score (nSPS) is 24.1. The van der Waals surface area contributed by atoms with Crippen molar-refractivity contribution >= 4 is 10.0 Å². The molecular formula is C10H18N4O2S. The summed E-state index contributed by atoms with van der Waals surface area (Å²) in [6, 6.07) is 0.238. The molecule has 0 aromatic carbocycles. The zero-order valence-corrected chi connectivity index (χ0v) is 11.2. The van der Waals surface area contributed by atoms with E-state index in [9.17, 15) is 8.42 Å². The number of likely N-dealkylation sites (N-methyl/N-ethyl adjacent to an activating group) is 1. The van der Waals surface area contributed by atoms with E-state index in [1.54, 1.807) is 6.92 Å². The predicted molar refractivity (Wildman–Crippen MR) is 64.2 cm³/mol. The van der Waals surface area contributed by atoms with E-state index in [0.717, 1.165) is 6.54 Å². The number of hydrogen-bond donors (Lipinski definition) is 1. The Hall–Kier alpha value is -0.920. The van der Waals surface area contributed by atoms with Crippen LogP contribution in [0.1, 0.15) is 12.7 Å². The summed E-state index contributed by atoms with van der Waals surface area (Å²) in [5.74, 6) is 0.616. The molecule has 1 unspecified atom stereocenters. The van der Waals surface area contributed by atoms with Gasteiger partial charge in [-0.2, -0.15) is 4.31 Å². The van der Waals surface area contributed by atoms with Crippen LogP contribution < -0.4 is 0 Å². The van der Waals surface area contributed by atoms with Crippen LogP contribution in [0, 0.1) is 6.92 Å². The molecule has 1 aliphatic heterocycles. The SMILES string of the molecule is Cc1ncc(S(=O)(=O)N2CCN(C)C(C)C2)[nH]1. The number of H-pyrrole nitrogens is 1. The van der Waals surface area contributed by atoms with Crippen LogP contribution in [0.4, 0.5) is 0 Å². The van der Waals surface area contributed by atoms with Gasteiger partial charge in [-0.3, -0.25) is 0 Å². The van der Waals surface area contributed by atoms with Crippen molar-refractivity contribution in [3.8, 4) is 0 Å². The van der Waals surface area contributed by atoms with Gasteiger partial charge in [-0.05, 0) is 20.9 Å². The lowest BCUT2D eigenvalue weighted by Gasteiger charge is -2.36. The second kappa shape index (κ2) is 4.40. The largest absolute Gasteiger partial charge is 0.332 e. The molecule has 2 heterocycles. The van der Waals surface area contributed by atoms with Crippen LogP contribution >= 0.6 is 0 Å². The van der Waals surface area contributed by atoms with Crippen LogP contribution in [-0.4, -0.2) is 60.3 Å². The number of rotatable bonds is 2. The maximum Gasteiger partial charge on any atom is 0.260 e. The maximum absolute atomic E-state index is 12.3. The van der Waals surface area contributed by atoms with Crippen molar-refractivity contribution in [3.05, 3.63) is 12.0 Å². The molecule has 2 rings (SSSR count). The maximum atomic E-state index is 12.3. The summed E-state index contributed by atoms with van der Waals surface area (Å²) >= 11 is 0. The third-order valence-electron chi connectivity index (χ3n) is 3.22. The fraction of sp³-hybridized carbons (Fsp3) is 0.700. The van der Waals surface area contributed by atoms with Gasteiger partial charge in [-0.1, -0.05) is 0 Å². The number of imidazole rings is 1. The average molecular weight is 258 g/mol. The molecule has 0 bridgehead atoms. The summed E-state index contributed by atoms with van der Waals surface area (Å²) in [6.45, 7) is 5.58. The predicted octanol–water partition coefficient (Wildman–Crippen LogP) is 0.0427. The Labute approximate surface area is 102 Å². The van der Waals surface area contributed by atoms with Crippen LogP contribution in [-0.2, 0) is 10.0 Å². The van der Waals surface area contributed by atoms with E-state index in [-0.39, 0.29) is 11.1 Å². The Morgan fingerprint density at radius 2 is 2.18 bits per heavy atom. The van der Waals surface area contributed by atoms with Gasteiger partial charge in [-0.15, -0.1) is 0 Å². The number of nitrogens with one attached hydrogen (secondary N) is 1. The van der Waals surface area contributed by atoms with Crippen LogP contribution in [0.3, 0.4) is 0 Å². The molecule has 17 heavy (non-hydrogen) atoms. The van der Waals surface area contributed by atoms with E-state index in [1.165, 1.54) is 10.5 Å². The van der Waals surface area contributed by atoms with Crippen LogP contribution in [0.15, 0.2) is 11.2 Å². The van der Waals surface area contributed by atoms with Crippen molar-refractivity contribution in [1.29, 1.82) is 0 Å². The fourth-order valence-corrected chi connectivity index (χ4v) is 3.38. The van der Waals surface area contributed by atoms with Gasteiger partial charge in [0.2, 0.25) is 0 Å². The summed E-state index contributed by atoms with van der Waals surface area (Å²) in [4.78, 5) is 8.88. The summed E-state index contributed by atoms with van der Waals surface area (Å²) in [5, 5.41) is 0.187. The van der Waals surface area contributed by atoms with Gasteiger partial charge < -0.3 is 9.88 Å². The Morgan fingerprint density at radius 3 is 2.71 bits per heavy atom. The number of aryl methyl sites for hydroxylation is 1. The first-order valence-electron chi connectivity index (χ1n) is 5.63. The van der Waals surface area contributed by atoms with E-state index in [2.05, 4.69) is 14.9 Å². The molecule has 1 aromatic heterocycles. The zero-order valence-electron chi connectivity index (χ0n) is 10.3. The topological polar surface area (TPSA) is 69.3 Å².